The molecule has 1 N–H and O–H groups in total. The van der Waals surface area contributed by atoms with Crippen LogP contribution in [0.4, 0.5) is 11.6 Å². The highest BCUT2D eigenvalue weighted by Gasteiger charge is 2.13. The van der Waals surface area contributed by atoms with Crippen molar-refractivity contribution in [2.75, 3.05) is 16.8 Å². The van der Waals surface area contributed by atoms with Crippen molar-refractivity contribution in [2.24, 2.45) is 0 Å². The van der Waals surface area contributed by atoms with Crippen molar-refractivity contribution in [3.8, 4) is 0 Å². The third-order valence-corrected chi connectivity index (χ3v) is 4.24. The van der Waals surface area contributed by atoms with Gasteiger partial charge in [-0.3, -0.25) is 4.79 Å². The van der Waals surface area contributed by atoms with Gasteiger partial charge in [-0.25, -0.2) is 9.97 Å². The maximum atomic E-state index is 12.6. The van der Waals surface area contributed by atoms with Crippen LogP contribution in [0.2, 0.25) is 0 Å². The Kier molecular flexibility index (Phi) is 5.81. The molecule has 0 aliphatic carbocycles. The van der Waals surface area contributed by atoms with Crippen LogP contribution in [0.25, 0.3) is 0 Å². The quantitative estimate of drug-likeness (QED) is 0.709. The first-order chi connectivity index (χ1) is 13.0. The van der Waals surface area contributed by atoms with E-state index in [2.05, 4.69) is 40.4 Å². The predicted molar refractivity (Wildman–Crippen MR) is 109 cm³/mol. The molecule has 138 valence electrons. The van der Waals surface area contributed by atoms with Gasteiger partial charge >= 0.3 is 0 Å². The minimum Gasteiger partial charge on any atom is -0.337 e. The molecule has 0 unspecified atom stereocenters. The van der Waals surface area contributed by atoms with Crippen molar-refractivity contribution in [3.05, 3.63) is 83.2 Å². The molecule has 0 aliphatic heterocycles. The summed E-state index contributed by atoms with van der Waals surface area (Å²) in [6, 6.07) is 17.8. The van der Waals surface area contributed by atoms with E-state index in [0.29, 0.717) is 18.2 Å². The number of nitrogens with zero attached hydrogens (tertiary/aromatic N) is 3. The Bertz CT molecular complexity index is 904. The Balaban J connectivity index is 1.78. The number of carbonyl (C=O) groups excluding carboxylic acids is 1. The molecule has 1 amide bonds. The fourth-order valence-corrected chi connectivity index (χ4v) is 3.00. The van der Waals surface area contributed by atoms with E-state index in [9.17, 15) is 4.79 Å². The van der Waals surface area contributed by atoms with Crippen LogP contribution in [0.1, 0.15) is 34.1 Å². The SMILES string of the molecule is CCN(Cc1ccccc1)c1nccc(C(=O)Nc2cc(C)cc(C)c2)n1. The summed E-state index contributed by atoms with van der Waals surface area (Å²) in [5.74, 6) is 0.314. The molecule has 0 saturated heterocycles. The highest BCUT2D eigenvalue weighted by Crippen LogP contribution is 2.16. The maximum Gasteiger partial charge on any atom is 0.274 e. The minimum atomic E-state index is -0.237. The van der Waals surface area contributed by atoms with Crippen molar-refractivity contribution in [3.63, 3.8) is 0 Å². The highest BCUT2D eigenvalue weighted by molar-refractivity contribution is 6.03. The molecular weight excluding hydrogens is 336 g/mol. The zero-order chi connectivity index (χ0) is 19.2. The lowest BCUT2D eigenvalue weighted by molar-refractivity contribution is 0.102. The van der Waals surface area contributed by atoms with Crippen molar-refractivity contribution < 1.29 is 4.79 Å². The van der Waals surface area contributed by atoms with Crippen LogP contribution < -0.4 is 10.2 Å². The van der Waals surface area contributed by atoms with Gasteiger partial charge in [0.25, 0.3) is 5.91 Å². The number of carbonyl (C=O) groups is 1. The molecular formula is C22H24N4O. The van der Waals surface area contributed by atoms with Gasteiger partial charge in [0.15, 0.2) is 0 Å². The molecule has 3 rings (SSSR count). The third kappa shape index (κ3) is 4.91. The van der Waals surface area contributed by atoms with Gasteiger partial charge < -0.3 is 10.2 Å². The van der Waals surface area contributed by atoms with Crippen LogP contribution in [0.3, 0.4) is 0 Å². The summed E-state index contributed by atoms with van der Waals surface area (Å²) in [5, 5.41) is 2.93. The van der Waals surface area contributed by atoms with Gasteiger partial charge in [-0.05, 0) is 55.7 Å². The lowest BCUT2D eigenvalue weighted by Crippen LogP contribution is -2.25. The molecule has 5 nitrogen and oxygen atoms in total. The Morgan fingerprint density at radius 3 is 2.41 bits per heavy atom. The fraction of sp³-hybridized carbons (Fsp3) is 0.227. The van der Waals surface area contributed by atoms with Gasteiger partial charge in [0.1, 0.15) is 5.69 Å². The van der Waals surface area contributed by atoms with Gasteiger partial charge in [-0.1, -0.05) is 36.4 Å². The Hall–Kier alpha value is -3.21. The lowest BCUT2D eigenvalue weighted by atomic mass is 10.1. The number of nitrogens with one attached hydrogen (secondary N) is 1. The molecule has 5 heteroatoms. The Morgan fingerprint density at radius 2 is 1.74 bits per heavy atom. The van der Waals surface area contributed by atoms with Crippen molar-refractivity contribution in [1.29, 1.82) is 0 Å². The van der Waals surface area contributed by atoms with Crippen LogP contribution in [0, 0.1) is 13.8 Å². The molecule has 0 bridgehead atoms. The first kappa shape index (κ1) is 18.6. The number of aryl methyl sites for hydroxylation is 2. The molecule has 27 heavy (non-hydrogen) atoms. The molecule has 0 spiro atoms. The first-order valence-corrected chi connectivity index (χ1v) is 9.06. The number of aromatic nitrogens is 2. The average molecular weight is 360 g/mol. The molecule has 2 aromatic carbocycles. The van der Waals surface area contributed by atoms with Gasteiger partial charge in [-0.15, -0.1) is 0 Å². The summed E-state index contributed by atoms with van der Waals surface area (Å²) < 4.78 is 0. The molecule has 0 atom stereocenters. The smallest absolute Gasteiger partial charge is 0.274 e. The number of rotatable bonds is 6. The number of anilines is 2. The summed E-state index contributed by atoms with van der Waals surface area (Å²) in [6.07, 6.45) is 1.63. The van der Waals surface area contributed by atoms with Crippen LogP contribution in [-0.2, 0) is 6.54 Å². The number of hydrogen-bond acceptors (Lipinski definition) is 4. The zero-order valence-corrected chi connectivity index (χ0v) is 15.9. The normalized spacial score (nSPS) is 10.5. The zero-order valence-electron chi connectivity index (χ0n) is 15.9. The average Bonchev–Trinajstić information content (AvgIpc) is 2.66. The van der Waals surface area contributed by atoms with Gasteiger partial charge in [-0.2, -0.15) is 0 Å². The van der Waals surface area contributed by atoms with Gasteiger partial charge in [0, 0.05) is 25.0 Å². The van der Waals surface area contributed by atoms with Gasteiger partial charge in [0.2, 0.25) is 5.95 Å². The third-order valence-electron chi connectivity index (χ3n) is 4.24. The minimum absolute atomic E-state index is 0.237. The van der Waals surface area contributed by atoms with Crippen molar-refractivity contribution >= 4 is 17.5 Å². The molecule has 0 aliphatic rings. The second-order valence-corrected chi connectivity index (χ2v) is 6.57. The number of amides is 1. The summed E-state index contributed by atoms with van der Waals surface area (Å²) in [4.78, 5) is 23.5. The van der Waals surface area contributed by atoms with Crippen molar-refractivity contribution in [1.82, 2.24) is 9.97 Å². The summed E-state index contributed by atoms with van der Waals surface area (Å²) >= 11 is 0. The van der Waals surface area contributed by atoms with E-state index < -0.39 is 0 Å². The lowest BCUT2D eigenvalue weighted by Gasteiger charge is -2.21. The fourth-order valence-electron chi connectivity index (χ4n) is 3.00. The second-order valence-electron chi connectivity index (χ2n) is 6.57. The highest BCUT2D eigenvalue weighted by atomic mass is 16.1. The summed E-state index contributed by atoms with van der Waals surface area (Å²) in [7, 11) is 0. The van der Waals surface area contributed by atoms with Crippen LogP contribution in [0.5, 0.6) is 0 Å². The van der Waals surface area contributed by atoms with E-state index in [0.717, 1.165) is 23.4 Å². The summed E-state index contributed by atoms with van der Waals surface area (Å²) in [6.45, 7) is 7.51. The molecule has 0 fully saturated rings. The van der Waals surface area contributed by atoms with E-state index in [1.165, 1.54) is 5.56 Å². The van der Waals surface area contributed by atoms with E-state index >= 15 is 0 Å². The first-order valence-electron chi connectivity index (χ1n) is 9.06. The predicted octanol–water partition coefficient (Wildman–Crippen LogP) is 4.37. The molecule has 1 aromatic heterocycles. The molecule has 1 heterocycles. The summed E-state index contributed by atoms with van der Waals surface area (Å²) in [5.41, 5.74) is 4.51. The number of benzene rings is 2. The largest absolute Gasteiger partial charge is 0.337 e. The Labute approximate surface area is 160 Å². The van der Waals surface area contributed by atoms with Crippen LogP contribution in [-0.4, -0.2) is 22.4 Å². The van der Waals surface area contributed by atoms with Crippen molar-refractivity contribution in [2.45, 2.75) is 27.3 Å². The number of hydrogen-bond donors (Lipinski definition) is 1. The van der Waals surface area contributed by atoms with E-state index in [-0.39, 0.29) is 5.91 Å². The monoisotopic (exact) mass is 360 g/mol. The maximum absolute atomic E-state index is 12.6. The molecule has 0 saturated carbocycles. The Morgan fingerprint density at radius 1 is 1.04 bits per heavy atom. The van der Waals surface area contributed by atoms with Crippen LogP contribution in [0.15, 0.2) is 60.8 Å². The molecule has 0 radical (unpaired) electrons. The standard InChI is InChI=1S/C22H24N4O/c1-4-26(15-18-8-6-5-7-9-18)22-23-11-10-20(25-22)21(27)24-19-13-16(2)12-17(3)14-19/h5-14H,4,15H2,1-3H3,(H,24,27). The van der Waals surface area contributed by atoms with E-state index in [1.807, 2.05) is 49.1 Å². The topological polar surface area (TPSA) is 58.1 Å². The van der Waals surface area contributed by atoms with Crippen LogP contribution >= 0.6 is 0 Å². The molecule has 3 aromatic rings. The van der Waals surface area contributed by atoms with Gasteiger partial charge in [0.05, 0.1) is 0 Å². The van der Waals surface area contributed by atoms with E-state index in [1.54, 1.807) is 12.3 Å². The van der Waals surface area contributed by atoms with E-state index in [4.69, 9.17) is 0 Å². The second kappa shape index (κ2) is 8.45.